The van der Waals surface area contributed by atoms with Crippen LogP contribution in [0.3, 0.4) is 0 Å². The van der Waals surface area contributed by atoms with Crippen molar-refractivity contribution in [3.8, 4) is 0 Å². The molecular weight excluding hydrogens is 1470 g/mol. The molecule has 0 saturated heterocycles. The summed E-state index contributed by atoms with van der Waals surface area (Å²) in [6.45, 7) is 61.4. The molecule has 0 radical (unpaired) electrons. The van der Waals surface area contributed by atoms with E-state index < -0.39 is 11.2 Å². The lowest BCUT2D eigenvalue weighted by atomic mass is 9.90. The molecule has 2 heterocycles. The number of aromatic nitrogens is 2. The molecule has 0 aliphatic rings. The van der Waals surface area contributed by atoms with Crippen LogP contribution in [0.2, 0.25) is 0 Å². The Balaban J connectivity index is -0.000000299. The number of amides is 8. The molecule has 0 saturated carbocycles. The topological polar surface area (TPSA) is 392 Å². The first-order valence-corrected chi connectivity index (χ1v) is 44.4. The maximum absolute atomic E-state index is 12.0. The molecule has 680 valence electrons. The SMILES string of the molecule is CCC[C@@H](C(=O)NCC(C)(C)O)C(C)C.CCC[C@@H](C(=O)NCCN)C(C)C.CCC[C@@H](C(=O)NCCO)C(C)C.CCC[C@@H](C(=O)NCc1ccccn1)C(C)C.CCC[C@H](C(=O)NCC(C)(C)O)C(C)C.CCC[C@H](C(=O)NCCN)C(C)C.CCC[C@H](C(=O)NCCO)C(C)C.CCC[C@H](C(=O)NCc1ccccn1)C(C)C. The molecule has 0 spiro atoms. The summed E-state index contributed by atoms with van der Waals surface area (Å²) >= 11 is 0. The van der Waals surface area contributed by atoms with Gasteiger partial charge in [0, 0.05) is 112 Å². The predicted molar refractivity (Wildman–Crippen MR) is 481 cm³/mol. The van der Waals surface area contributed by atoms with E-state index in [9.17, 15) is 48.6 Å². The number of hydrogen-bond acceptors (Lipinski definition) is 16. The van der Waals surface area contributed by atoms with Gasteiger partial charge in [0.15, 0.2) is 0 Å². The molecule has 0 aliphatic carbocycles. The average Bonchev–Trinajstić information content (AvgIpc) is 0.986. The summed E-state index contributed by atoms with van der Waals surface area (Å²) in [7, 11) is 0. The van der Waals surface area contributed by atoms with E-state index in [1.54, 1.807) is 40.1 Å². The van der Waals surface area contributed by atoms with Crippen LogP contribution in [-0.4, -0.2) is 154 Å². The maximum atomic E-state index is 12.0. The van der Waals surface area contributed by atoms with Crippen LogP contribution in [-0.2, 0) is 51.4 Å². The Hall–Kier alpha value is -6.18. The Morgan fingerprint density at radius 3 is 0.638 bits per heavy atom. The molecule has 8 atom stereocenters. The first-order chi connectivity index (χ1) is 54.4. The Morgan fingerprint density at radius 1 is 0.310 bits per heavy atom. The summed E-state index contributed by atoms with van der Waals surface area (Å²) in [4.78, 5) is 102. The zero-order valence-electron chi connectivity index (χ0n) is 78.8. The highest BCUT2D eigenvalue weighted by Gasteiger charge is 2.28. The summed E-state index contributed by atoms with van der Waals surface area (Å²) in [5.41, 5.74) is 10.8. The number of pyridine rings is 2. The highest BCUT2D eigenvalue weighted by molar-refractivity contribution is 5.82. The van der Waals surface area contributed by atoms with Crippen molar-refractivity contribution in [1.82, 2.24) is 52.5 Å². The van der Waals surface area contributed by atoms with Gasteiger partial charge < -0.3 is 74.4 Å². The van der Waals surface area contributed by atoms with Crippen molar-refractivity contribution < 1.29 is 58.8 Å². The standard InChI is InChI=1S/2C14H22N2O.2C12H25NO2.2C10H22N2O.2C10H21NO2/c2*1-4-7-13(11(2)3)14(17)16-10-12-8-5-6-9-15-12;2*1-6-7-10(9(2)3)11(14)13-8-12(4,5)15;2*1-4-5-9(8(2)3)10(13)12-7-6-11;2*1-4-5-9(8(2)3)10(13)11-6-7-12/h2*5-6,8-9,11,13H,4,7,10H2,1-3H3,(H,16,17);2*9-10,15H,6-8H2,1-5H3,(H,13,14);2*8-9H,4-7,11H2,1-3H3,(H,12,13);2*8-9,12H,4-7H2,1-3H3,(H,11,13)/t2*13-;2*10-;4*9-/m10101010/s1. The third kappa shape index (κ3) is 66.7. The van der Waals surface area contributed by atoms with Gasteiger partial charge in [-0.1, -0.05) is 230 Å². The molecule has 16 N–H and O–H groups in total. The van der Waals surface area contributed by atoms with Crippen molar-refractivity contribution in [2.75, 3.05) is 65.6 Å². The predicted octanol–water partition coefficient (Wildman–Crippen LogP) is 14.0. The largest absolute Gasteiger partial charge is 0.395 e. The van der Waals surface area contributed by atoms with Crippen LogP contribution in [0.4, 0.5) is 0 Å². The summed E-state index contributed by atoms with van der Waals surface area (Å²) in [6, 6.07) is 11.5. The van der Waals surface area contributed by atoms with Gasteiger partial charge in [-0.15, -0.1) is 0 Å². The molecule has 2 aromatic rings. The minimum atomic E-state index is -0.830. The van der Waals surface area contributed by atoms with Crippen LogP contribution in [0.5, 0.6) is 0 Å². The Morgan fingerprint density at radius 2 is 0.491 bits per heavy atom. The molecule has 2 rings (SSSR count). The van der Waals surface area contributed by atoms with Gasteiger partial charge in [0.25, 0.3) is 0 Å². The summed E-state index contributed by atoms with van der Waals surface area (Å²) in [5, 5.41) is 58.7. The Labute approximate surface area is 707 Å². The first-order valence-electron chi connectivity index (χ1n) is 44.4. The van der Waals surface area contributed by atoms with Crippen LogP contribution in [0.15, 0.2) is 48.8 Å². The van der Waals surface area contributed by atoms with Crippen LogP contribution >= 0.6 is 0 Å². The third-order valence-corrected chi connectivity index (χ3v) is 19.4. The fourth-order valence-corrected chi connectivity index (χ4v) is 12.4. The van der Waals surface area contributed by atoms with Crippen molar-refractivity contribution in [1.29, 1.82) is 0 Å². The molecule has 0 fully saturated rings. The van der Waals surface area contributed by atoms with Crippen molar-refractivity contribution in [2.45, 2.75) is 321 Å². The van der Waals surface area contributed by atoms with Crippen molar-refractivity contribution >= 4 is 47.3 Å². The molecule has 0 unspecified atom stereocenters. The fourth-order valence-electron chi connectivity index (χ4n) is 12.4. The van der Waals surface area contributed by atoms with E-state index in [-0.39, 0.29) is 108 Å². The number of nitrogens with two attached hydrogens (primary N) is 2. The lowest BCUT2D eigenvalue weighted by Crippen LogP contribution is -2.42. The van der Waals surface area contributed by atoms with E-state index in [4.69, 9.17) is 21.7 Å². The minimum Gasteiger partial charge on any atom is -0.395 e. The van der Waals surface area contributed by atoms with Gasteiger partial charge in [-0.25, -0.2) is 0 Å². The number of aliphatic hydroxyl groups is 4. The van der Waals surface area contributed by atoms with Gasteiger partial charge in [0.2, 0.25) is 47.3 Å². The number of carbonyl (C=O) groups excluding carboxylic acids is 8. The van der Waals surface area contributed by atoms with Gasteiger partial charge >= 0.3 is 0 Å². The van der Waals surface area contributed by atoms with Crippen LogP contribution in [0.1, 0.15) is 308 Å². The van der Waals surface area contributed by atoms with Crippen molar-refractivity contribution in [3.05, 3.63) is 60.2 Å². The third-order valence-electron chi connectivity index (χ3n) is 19.4. The quantitative estimate of drug-likeness (QED) is 0.0293. The van der Waals surface area contributed by atoms with Crippen LogP contribution in [0, 0.1) is 94.7 Å². The van der Waals surface area contributed by atoms with Crippen molar-refractivity contribution in [2.24, 2.45) is 106 Å². The molecule has 0 bridgehead atoms. The van der Waals surface area contributed by atoms with Gasteiger partial charge in [-0.3, -0.25) is 48.3 Å². The van der Waals surface area contributed by atoms with E-state index in [1.165, 1.54) is 0 Å². The number of aliphatic hydroxyl groups excluding tert-OH is 2. The van der Waals surface area contributed by atoms with Gasteiger partial charge in [0.05, 0.1) is 48.9 Å². The van der Waals surface area contributed by atoms with Crippen LogP contribution in [0.25, 0.3) is 0 Å². The monoisotopic (exact) mass is 1650 g/mol. The number of nitrogens with zero attached hydrogens (tertiary/aromatic N) is 2. The van der Waals surface area contributed by atoms with E-state index in [0.29, 0.717) is 113 Å². The first kappa shape index (κ1) is 121. The zero-order valence-corrected chi connectivity index (χ0v) is 78.8. The summed E-state index contributed by atoms with van der Waals surface area (Å²) < 4.78 is 0. The zero-order chi connectivity index (χ0) is 90.5. The molecule has 116 heavy (non-hydrogen) atoms. The van der Waals surface area contributed by atoms with E-state index in [0.717, 1.165) is 114 Å². The smallest absolute Gasteiger partial charge is 0.223 e. The molecule has 0 aromatic carbocycles. The molecule has 2 aromatic heterocycles. The molecular formula is C92H180N12O12. The maximum Gasteiger partial charge on any atom is 0.223 e. The summed E-state index contributed by atoms with van der Waals surface area (Å²) in [6.07, 6.45) is 19.3. The normalized spacial score (nSPS) is 13.1. The lowest BCUT2D eigenvalue weighted by molar-refractivity contribution is -0.128. The van der Waals surface area contributed by atoms with E-state index >= 15 is 0 Å². The van der Waals surface area contributed by atoms with Gasteiger partial charge in [-0.2, -0.15) is 0 Å². The fraction of sp³-hybridized carbons (Fsp3) is 0.804. The van der Waals surface area contributed by atoms with Gasteiger partial charge in [-0.05, 0) is 151 Å². The lowest BCUT2D eigenvalue weighted by Gasteiger charge is -2.23. The summed E-state index contributed by atoms with van der Waals surface area (Å²) in [5.74, 6) is 4.79. The number of carbonyl (C=O) groups is 8. The Bertz CT molecular complexity index is 2460. The second kappa shape index (κ2) is 75.1. The number of nitrogens with one attached hydrogen (secondary N) is 8. The molecule has 24 nitrogen and oxygen atoms in total. The minimum absolute atomic E-state index is 0.0165. The second-order valence-electron chi connectivity index (χ2n) is 34.4. The van der Waals surface area contributed by atoms with Gasteiger partial charge in [0.1, 0.15) is 0 Å². The van der Waals surface area contributed by atoms with Crippen LogP contribution < -0.4 is 54.0 Å². The Kier molecular flexibility index (Phi) is 78.1. The molecule has 8 amide bonds. The van der Waals surface area contributed by atoms with E-state index in [1.807, 2.05) is 36.4 Å². The highest BCUT2D eigenvalue weighted by atomic mass is 16.3. The van der Waals surface area contributed by atoms with E-state index in [2.05, 4.69) is 219 Å². The number of hydrogen-bond donors (Lipinski definition) is 14. The van der Waals surface area contributed by atoms with Crippen molar-refractivity contribution in [3.63, 3.8) is 0 Å². The highest BCUT2D eigenvalue weighted by Crippen LogP contribution is 2.23. The molecule has 24 heteroatoms. The molecule has 0 aliphatic heterocycles. The average molecular weight is 1650 g/mol. The number of rotatable bonds is 48. The second-order valence-corrected chi connectivity index (χ2v) is 34.4.